The maximum atomic E-state index is 12.2. The Morgan fingerprint density at radius 2 is 1.72 bits per heavy atom. The van der Waals surface area contributed by atoms with Gasteiger partial charge in [-0.3, -0.25) is 9.59 Å². The molecular weight excluding hydrogens is 376 g/mol. The van der Waals surface area contributed by atoms with Crippen LogP contribution in [0.25, 0.3) is 22.3 Å². The third-order valence-electron chi connectivity index (χ3n) is 6.59. The van der Waals surface area contributed by atoms with Crippen LogP contribution in [-0.4, -0.2) is 26.4 Å². The molecule has 5 atom stereocenters. The van der Waals surface area contributed by atoms with Gasteiger partial charge in [0.25, 0.3) is 0 Å². The van der Waals surface area contributed by atoms with Gasteiger partial charge in [-0.2, -0.15) is 0 Å². The van der Waals surface area contributed by atoms with Crippen molar-refractivity contribution in [3.05, 3.63) is 52.2 Å². The second kappa shape index (κ2) is 5.76. The first kappa shape index (κ1) is 17.6. The van der Waals surface area contributed by atoms with Crippen molar-refractivity contribution < 1.29 is 29.6 Å². The minimum absolute atomic E-state index is 0.0556. The molecule has 29 heavy (non-hydrogen) atoms. The first-order chi connectivity index (χ1) is 13.8. The number of hydrogen-bond donors (Lipinski definition) is 4. The van der Waals surface area contributed by atoms with Crippen LogP contribution < -0.4 is 5.43 Å². The Labute approximate surface area is 164 Å². The van der Waals surface area contributed by atoms with Crippen LogP contribution in [0.1, 0.15) is 18.4 Å². The molecule has 4 aliphatic rings. The predicted octanol–water partition coefficient (Wildman–Crippen LogP) is 3.25. The summed E-state index contributed by atoms with van der Waals surface area (Å²) in [5.74, 6) is -3.84. The summed E-state index contributed by atoms with van der Waals surface area (Å²) in [4.78, 5) is 24.2. The molecule has 1 fully saturated rings. The number of phenols is 3. The third kappa shape index (κ3) is 2.18. The number of phenolic OH excluding ortho intramolecular Hbond substituents is 3. The first-order valence-electron chi connectivity index (χ1n) is 9.35. The summed E-state index contributed by atoms with van der Waals surface area (Å²) in [6, 6.07) is 5.60. The van der Waals surface area contributed by atoms with E-state index in [1.54, 1.807) is 6.07 Å². The van der Waals surface area contributed by atoms with E-state index in [1.807, 2.05) is 19.1 Å². The van der Waals surface area contributed by atoms with Crippen molar-refractivity contribution in [2.75, 3.05) is 0 Å². The van der Waals surface area contributed by atoms with E-state index in [0.717, 1.165) is 0 Å². The summed E-state index contributed by atoms with van der Waals surface area (Å²) in [6.45, 7) is 2.01. The normalized spacial score (nSPS) is 27.8. The Balaban J connectivity index is 1.93. The second-order valence-corrected chi connectivity index (χ2v) is 7.90. The molecule has 1 aromatic rings. The fourth-order valence-electron chi connectivity index (χ4n) is 5.28. The van der Waals surface area contributed by atoms with Gasteiger partial charge in [-0.15, -0.1) is 0 Å². The molecule has 0 spiro atoms. The highest BCUT2D eigenvalue weighted by atomic mass is 16.4. The van der Waals surface area contributed by atoms with Gasteiger partial charge in [-0.1, -0.05) is 19.1 Å². The fourth-order valence-corrected chi connectivity index (χ4v) is 5.28. The van der Waals surface area contributed by atoms with Gasteiger partial charge < -0.3 is 24.8 Å². The van der Waals surface area contributed by atoms with Crippen LogP contribution in [-0.2, 0) is 4.79 Å². The topological polar surface area (TPSA) is 128 Å². The Kier molecular flexibility index (Phi) is 3.50. The Morgan fingerprint density at radius 3 is 2.45 bits per heavy atom. The summed E-state index contributed by atoms with van der Waals surface area (Å²) >= 11 is 0. The average molecular weight is 394 g/mol. The number of benzene rings is 2. The van der Waals surface area contributed by atoms with E-state index in [4.69, 9.17) is 4.42 Å². The molecule has 1 heterocycles. The van der Waals surface area contributed by atoms with Crippen molar-refractivity contribution >= 4 is 16.9 Å². The van der Waals surface area contributed by atoms with Gasteiger partial charge in [0.2, 0.25) is 16.9 Å². The zero-order valence-electron chi connectivity index (χ0n) is 15.4. The number of carboxylic acids is 1. The SMILES string of the molecule is C[C@H]1[C@H]2C=C[C@@H]1[C@H](c1c3ccc(=O)c(O)c-3oc3c(O)c(O)ccc13)[C@@H]2C(=O)O. The number of carbonyl (C=O) groups is 1. The van der Waals surface area contributed by atoms with Crippen molar-refractivity contribution in [2.45, 2.75) is 12.8 Å². The van der Waals surface area contributed by atoms with Crippen molar-refractivity contribution in [1.82, 2.24) is 0 Å². The van der Waals surface area contributed by atoms with Crippen LogP contribution in [0.5, 0.6) is 17.2 Å². The summed E-state index contributed by atoms with van der Waals surface area (Å²) < 4.78 is 5.65. The molecule has 0 aromatic heterocycles. The minimum Gasteiger partial charge on any atom is -0.504 e. The van der Waals surface area contributed by atoms with Gasteiger partial charge in [0.15, 0.2) is 17.1 Å². The van der Waals surface area contributed by atoms with Gasteiger partial charge in [0, 0.05) is 16.9 Å². The molecule has 0 amide bonds. The van der Waals surface area contributed by atoms with Gasteiger partial charge in [-0.25, -0.2) is 0 Å². The van der Waals surface area contributed by atoms with Crippen LogP contribution in [0, 0.1) is 23.7 Å². The van der Waals surface area contributed by atoms with Crippen LogP contribution in [0.15, 0.2) is 45.6 Å². The van der Waals surface area contributed by atoms with E-state index in [-0.39, 0.29) is 29.1 Å². The van der Waals surface area contributed by atoms with Crippen molar-refractivity contribution in [3.8, 4) is 28.6 Å². The zero-order valence-corrected chi connectivity index (χ0v) is 15.4. The van der Waals surface area contributed by atoms with Crippen molar-refractivity contribution in [3.63, 3.8) is 0 Å². The lowest BCUT2D eigenvalue weighted by Gasteiger charge is -2.29. The lowest BCUT2D eigenvalue weighted by molar-refractivity contribution is -0.143. The highest BCUT2D eigenvalue weighted by Crippen LogP contribution is 2.59. The van der Waals surface area contributed by atoms with Crippen molar-refractivity contribution in [1.29, 1.82) is 0 Å². The van der Waals surface area contributed by atoms with Crippen molar-refractivity contribution in [2.24, 2.45) is 23.7 Å². The largest absolute Gasteiger partial charge is 0.504 e. The number of rotatable bonds is 2. The third-order valence-corrected chi connectivity index (χ3v) is 6.59. The highest BCUT2D eigenvalue weighted by molar-refractivity contribution is 5.95. The van der Waals surface area contributed by atoms with Crippen LogP contribution >= 0.6 is 0 Å². The van der Waals surface area contributed by atoms with Gasteiger partial charge in [0.05, 0.1) is 5.92 Å². The number of aliphatic carboxylic acids is 1. The predicted molar refractivity (Wildman–Crippen MR) is 103 cm³/mol. The highest BCUT2D eigenvalue weighted by Gasteiger charge is 2.54. The van der Waals surface area contributed by atoms with E-state index in [0.29, 0.717) is 16.5 Å². The summed E-state index contributed by atoms with van der Waals surface area (Å²) in [7, 11) is 0. The maximum Gasteiger partial charge on any atom is 0.307 e. The lowest BCUT2D eigenvalue weighted by Crippen LogP contribution is -2.26. The molecule has 4 N–H and O–H groups in total. The molecule has 0 unspecified atom stereocenters. The fraction of sp³-hybridized carbons (Fsp3) is 0.273. The monoisotopic (exact) mass is 394 g/mol. The smallest absolute Gasteiger partial charge is 0.307 e. The van der Waals surface area contributed by atoms with Crippen LogP contribution in [0.4, 0.5) is 0 Å². The van der Waals surface area contributed by atoms with E-state index in [1.165, 1.54) is 18.2 Å². The number of allylic oxidation sites excluding steroid dienone is 2. The Bertz CT molecular complexity index is 1240. The minimum atomic E-state index is -0.923. The standard InChI is InChI=1S/C22H18O7/c1-8-9-2-3-10(8)17(22(27)28)16(9)15-11-4-6-13(23)18(25)20(11)29-21-12(15)5-7-14(24)19(21)26/h2-10,16-17,23,25-26H,1H3,(H,27,28)/t8-,9+,10-,16-,17-/m1/s1. The average Bonchev–Trinajstić information content (AvgIpc) is 3.19. The van der Waals surface area contributed by atoms with Gasteiger partial charge in [0.1, 0.15) is 0 Å². The van der Waals surface area contributed by atoms with Crippen LogP contribution in [0.2, 0.25) is 0 Å². The zero-order chi connectivity index (χ0) is 20.6. The molecule has 7 heteroatoms. The number of fused-ring (bicyclic) bond motifs is 4. The van der Waals surface area contributed by atoms with E-state index in [9.17, 15) is 30.0 Å². The molecule has 3 aliphatic carbocycles. The quantitative estimate of drug-likeness (QED) is 0.298. The molecule has 148 valence electrons. The van der Waals surface area contributed by atoms with E-state index in [2.05, 4.69) is 0 Å². The molecule has 1 saturated carbocycles. The Morgan fingerprint density at radius 1 is 1.00 bits per heavy atom. The lowest BCUT2D eigenvalue weighted by atomic mass is 9.75. The molecular formula is C22H18O7. The number of carboxylic acid groups (broad SMARTS) is 1. The molecule has 1 aromatic carbocycles. The maximum absolute atomic E-state index is 12.2. The van der Waals surface area contributed by atoms with Gasteiger partial charge in [-0.05, 0) is 47.6 Å². The van der Waals surface area contributed by atoms with E-state index < -0.39 is 40.5 Å². The number of hydrogen-bond acceptors (Lipinski definition) is 6. The molecule has 5 rings (SSSR count). The number of aromatic hydroxyl groups is 3. The first-order valence-corrected chi connectivity index (χ1v) is 9.35. The van der Waals surface area contributed by atoms with Crippen LogP contribution in [0.3, 0.4) is 0 Å². The summed E-state index contributed by atoms with van der Waals surface area (Å²) in [6.07, 6.45) is 3.96. The van der Waals surface area contributed by atoms with Gasteiger partial charge >= 0.3 is 5.97 Å². The molecule has 0 radical (unpaired) electrons. The summed E-state index contributed by atoms with van der Waals surface area (Å²) in [5, 5.41) is 41.0. The van der Waals surface area contributed by atoms with E-state index >= 15 is 0 Å². The summed E-state index contributed by atoms with van der Waals surface area (Å²) in [5.41, 5.74) is 0.256. The molecule has 1 aliphatic heterocycles. The molecule has 2 bridgehead atoms. The Hall–Kier alpha value is -3.48. The molecule has 0 saturated heterocycles. The molecule has 7 nitrogen and oxygen atoms in total. The second-order valence-electron chi connectivity index (χ2n) is 7.90.